The van der Waals surface area contributed by atoms with Crippen molar-refractivity contribution in [2.75, 3.05) is 5.73 Å². The standard InChI is InChI=1S/C10H12N2O2S/c11-7-2-1-5-12-9(7)15-8-4-3-6(8)10(13)14/h1-2,5-6,8H,3-4,11H2,(H,13,14). The summed E-state index contributed by atoms with van der Waals surface area (Å²) in [5.74, 6) is -0.954. The summed E-state index contributed by atoms with van der Waals surface area (Å²) in [5, 5.41) is 9.75. The lowest BCUT2D eigenvalue weighted by atomic mass is 9.85. The van der Waals surface area contributed by atoms with E-state index in [1.165, 1.54) is 11.8 Å². The molecule has 0 spiro atoms. The van der Waals surface area contributed by atoms with E-state index < -0.39 is 5.97 Å². The van der Waals surface area contributed by atoms with Crippen LogP contribution in [-0.4, -0.2) is 21.3 Å². The van der Waals surface area contributed by atoms with Gasteiger partial charge in [0.25, 0.3) is 0 Å². The van der Waals surface area contributed by atoms with E-state index in [4.69, 9.17) is 10.8 Å². The summed E-state index contributed by atoms with van der Waals surface area (Å²) in [5.41, 5.74) is 6.36. The number of hydrogen-bond acceptors (Lipinski definition) is 4. The maximum absolute atomic E-state index is 10.8. The Bertz CT molecular complexity index is 383. The molecule has 0 saturated heterocycles. The van der Waals surface area contributed by atoms with Gasteiger partial charge in [0.05, 0.1) is 11.6 Å². The molecule has 0 amide bonds. The molecule has 15 heavy (non-hydrogen) atoms. The van der Waals surface area contributed by atoms with Crippen LogP contribution in [0.3, 0.4) is 0 Å². The van der Waals surface area contributed by atoms with Gasteiger partial charge in [0.15, 0.2) is 0 Å². The number of pyridine rings is 1. The highest BCUT2D eigenvalue weighted by Crippen LogP contribution is 2.42. The highest BCUT2D eigenvalue weighted by Gasteiger charge is 2.37. The van der Waals surface area contributed by atoms with Crippen molar-refractivity contribution in [3.8, 4) is 0 Å². The zero-order chi connectivity index (χ0) is 10.8. The summed E-state index contributed by atoms with van der Waals surface area (Å²) in [6.07, 6.45) is 3.37. The average Bonchev–Trinajstić information content (AvgIpc) is 2.13. The minimum Gasteiger partial charge on any atom is -0.481 e. The van der Waals surface area contributed by atoms with Crippen LogP contribution in [0.4, 0.5) is 5.69 Å². The maximum atomic E-state index is 10.8. The molecule has 0 radical (unpaired) electrons. The monoisotopic (exact) mass is 224 g/mol. The van der Waals surface area contributed by atoms with E-state index in [1.54, 1.807) is 18.3 Å². The molecule has 0 aliphatic heterocycles. The first-order chi connectivity index (χ1) is 7.18. The number of aliphatic carboxylic acids is 1. The molecule has 1 heterocycles. The van der Waals surface area contributed by atoms with Gasteiger partial charge >= 0.3 is 5.97 Å². The minimum absolute atomic E-state index is 0.125. The number of rotatable bonds is 3. The molecule has 1 aromatic rings. The SMILES string of the molecule is Nc1cccnc1SC1CCC1C(=O)O. The lowest BCUT2D eigenvalue weighted by Crippen LogP contribution is -2.35. The summed E-state index contributed by atoms with van der Waals surface area (Å²) >= 11 is 1.48. The van der Waals surface area contributed by atoms with E-state index in [0.717, 1.165) is 17.9 Å². The first-order valence-electron chi connectivity index (χ1n) is 4.78. The predicted molar refractivity (Wildman–Crippen MR) is 58.7 cm³/mol. The van der Waals surface area contributed by atoms with Crippen LogP contribution in [0.25, 0.3) is 0 Å². The average molecular weight is 224 g/mol. The normalized spacial score (nSPS) is 24.5. The number of nitrogen functional groups attached to an aromatic ring is 1. The summed E-state index contributed by atoms with van der Waals surface area (Å²) in [6, 6.07) is 3.55. The molecule has 1 aliphatic rings. The third kappa shape index (κ3) is 2.07. The molecule has 1 aromatic heterocycles. The number of thioether (sulfide) groups is 1. The van der Waals surface area contributed by atoms with Crippen molar-refractivity contribution in [3.05, 3.63) is 18.3 Å². The van der Waals surface area contributed by atoms with E-state index in [0.29, 0.717) is 5.69 Å². The van der Waals surface area contributed by atoms with Gasteiger partial charge in [-0.2, -0.15) is 0 Å². The highest BCUT2D eigenvalue weighted by molar-refractivity contribution is 8.00. The van der Waals surface area contributed by atoms with Crippen molar-refractivity contribution in [1.29, 1.82) is 0 Å². The molecule has 2 atom stereocenters. The van der Waals surface area contributed by atoms with Crippen LogP contribution in [0.15, 0.2) is 23.4 Å². The number of carbonyl (C=O) groups is 1. The van der Waals surface area contributed by atoms with Crippen LogP contribution in [0.5, 0.6) is 0 Å². The molecule has 5 heteroatoms. The van der Waals surface area contributed by atoms with Crippen LogP contribution in [-0.2, 0) is 4.79 Å². The Morgan fingerprint density at radius 3 is 2.93 bits per heavy atom. The van der Waals surface area contributed by atoms with Gasteiger partial charge in [-0.05, 0) is 25.0 Å². The van der Waals surface area contributed by atoms with Crippen molar-refractivity contribution < 1.29 is 9.90 Å². The van der Waals surface area contributed by atoms with Gasteiger partial charge in [0, 0.05) is 11.4 Å². The minimum atomic E-state index is -0.715. The van der Waals surface area contributed by atoms with Crippen LogP contribution in [0, 0.1) is 5.92 Å². The number of anilines is 1. The third-order valence-electron chi connectivity index (χ3n) is 2.59. The van der Waals surface area contributed by atoms with E-state index in [2.05, 4.69) is 4.98 Å². The van der Waals surface area contributed by atoms with Gasteiger partial charge in [0.1, 0.15) is 5.03 Å². The Kier molecular flexibility index (Phi) is 2.81. The second kappa shape index (κ2) is 4.10. The number of nitrogens with zero attached hydrogens (tertiary/aromatic N) is 1. The first-order valence-corrected chi connectivity index (χ1v) is 5.66. The van der Waals surface area contributed by atoms with Crippen molar-refractivity contribution in [1.82, 2.24) is 4.98 Å². The summed E-state index contributed by atoms with van der Waals surface area (Å²) in [6.45, 7) is 0. The largest absolute Gasteiger partial charge is 0.481 e. The quantitative estimate of drug-likeness (QED) is 0.815. The zero-order valence-corrected chi connectivity index (χ0v) is 8.91. The van der Waals surface area contributed by atoms with Gasteiger partial charge in [-0.3, -0.25) is 4.79 Å². The number of aromatic nitrogens is 1. The Morgan fingerprint density at radius 2 is 2.40 bits per heavy atom. The fraction of sp³-hybridized carbons (Fsp3) is 0.400. The van der Waals surface area contributed by atoms with E-state index in [-0.39, 0.29) is 11.2 Å². The summed E-state index contributed by atoms with van der Waals surface area (Å²) in [7, 11) is 0. The first kappa shape index (κ1) is 10.3. The number of carboxylic acids is 1. The lowest BCUT2D eigenvalue weighted by molar-refractivity contribution is -0.144. The van der Waals surface area contributed by atoms with Gasteiger partial charge < -0.3 is 10.8 Å². The van der Waals surface area contributed by atoms with Gasteiger partial charge in [-0.25, -0.2) is 4.98 Å². The summed E-state index contributed by atoms with van der Waals surface area (Å²) in [4.78, 5) is 14.9. The Hall–Kier alpha value is -1.23. The van der Waals surface area contributed by atoms with E-state index in [1.807, 2.05) is 0 Å². The van der Waals surface area contributed by atoms with E-state index >= 15 is 0 Å². The fourth-order valence-electron chi connectivity index (χ4n) is 1.54. The van der Waals surface area contributed by atoms with Crippen LogP contribution in [0.2, 0.25) is 0 Å². The van der Waals surface area contributed by atoms with Crippen molar-refractivity contribution >= 4 is 23.4 Å². The lowest BCUT2D eigenvalue weighted by Gasteiger charge is -2.32. The highest BCUT2D eigenvalue weighted by atomic mass is 32.2. The second-order valence-electron chi connectivity index (χ2n) is 3.58. The Morgan fingerprint density at radius 1 is 1.60 bits per heavy atom. The molecule has 1 saturated carbocycles. The van der Waals surface area contributed by atoms with Crippen molar-refractivity contribution in [3.63, 3.8) is 0 Å². The zero-order valence-electron chi connectivity index (χ0n) is 8.09. The van der Waals surface area contributed by atoms with Crippen LogP contribution >= 0.6 is 11.8 Å². The fourth-order valence-corrected chi connectivity index (χ4v) is 2.82. The number of carboxylic acid groups (broad SMARTS) is 1. The number of hydrogen-bond donors (Lipinski definition) is 2. The third-order valence-corrected chi connectivity index (χ3v) is 4.02. The topological polar surface area (TPSA) is 76.2 Å². The van der Waals surface area contributed by atoms with Gasteiger partial charge in [-0.15, -0.1) is 11.8 Å². The molecule has 1 aliphatic carbocycles. The molecule has 3 N–H and O–H groups in total. The molecule has 2 rings (SSSR count). The molecule has 2 unspecified atom stereocenters. The van der Waals surface area contributed by atoms with Gasteiger partial charge in [0.2, 0.25) is 0 Å². The van der Waals surface area contributed by atoms with Crippen molar-refractivity contribution in [2.24, 2.45) is 5.92 Å². The van der Waals surface area contributed by atoms with Crippen LogP contribution < -0.4 is 5.73 Å². The molecule has 0 bridgehead atoms. The Labute approximate surface area is 91.9 Å². The predicted octanol–water partition coefficient (Wildman–Crippen LogP) is 1.62. The molecule has 0 aromatic carbocycles. The maximum Gasteiger partial charge on any atom is 0.307 e. The van der Waals surface area contributed by atoms with Crippen LogP contribution in [0.1, 0.15) is 12.8 Å². The Balaban J connectivity index is 2.04. The number of nitrogens with two attached hydrogens (primary N) is 1. The summed E-state index contributed by atoms with van der Waals surface area (Å²) < 4.78 is 0. The molecular weight excluding hydrogens is 212 g/mol. The molecule has 4 nitrogen and oxygen atoms in total. The van der Waals surface area contributed by atoms with Gasteiger partial charge in [-0.1, -0.05) is 0 Å². The smallest absolute Gasteiger partial charge is 0.307 e. The van der Waals surface area contributed by atoms with E-state index in [9.17, 15) is 4.79 Å². The second-order valence-corrected chi connectivity index (χ2v) is 4.80. The molecular formula is C10H12N2O2S. The van der Waals surface area contributed by atoms with Crippen molar-refractivity contribution in [2.45, 2.75) is 23.1 Å². The molecule has 80 valence electrons. The molecule has 1 fully saturated rings.